The first-order valence-corrected chi connectivity index (χ1v) is 7.08. The number of anilines is 1. The van der Waals surface area contributed by atoms with Crippen molar-refractivity contribution in [2.45, 2.75) is 32.2 Å². The number of carbonyl (C=O) groups is 1. The summed E-state index contributed by atoms with van der Waals surface area (Å²) in [7, 11) is 0. The number of rotatable bonds is 5. The lowest BCUT2D eigenvalue weighted by Crippen LogP contribution is -2.08. The Bertz CT molecular complexity index is 654. The van der Waals surface area contributed by atoms with E-state index in [1.54, 1.807) is 0 Å². The summed E-state index contributed by atoms with van der Waals surface area (Å²) < 4.78 is 0. The molecule has 0 bridgehead atoms. The lowest BCUT2D eigenvalue weighted by atomic mass is 10.1. The number of carboxylic acid groups (broad SMARTS) is 1. The van der Waals surface area contributed by atoms with E-state index in [1.807, 2.05) is 24.3 Å². The maximum atomic E-state index is 11.2. The van der Waals surface area contributed by atoms with Crippen molar-refractivity contribution in [2.75, 3.05) is 5.32 Å². The molecule has 1 saturated carbocycles. The Hall–Kier alpha value is -2.10. The van der Waals surface area contributed by atoms with Crippen molar-refractivity contribution < 1.29 is 9.90 Å². The van der Waals surface area contributed by atoms with Crippen molar-refractivity contribution in [2.24, 2.45) is 5.92 Å². The molecule has 4 nitrogen and oxygen atoms in total. The van der Waals surface area contributed by atoms with Crippen LogP contribution in [0.25, 0.3) is 10.8 Å². The van der Waals surface area contributed by atoms with E-state index in [4.69, 9.17) is 0 Å². The summed E-state index contributed by atoms with van der Waals surface area (Å²) >= 11 is 0. The van der Waals surface area contributed by atoms with E-state index < -0.39 is 5.97 Å². The number of aromatic nitrogens is 1. The first-order chi connectivity index (χ1) is 9.70. The predicted octanol–water partition coefficient (Wildman–Crippen LogP) is 3.53. The van der Waals surface area contributed by atoms with E-state index in [9.17, 15) is 9.90 Å². The molecule has 0 radical (unpaired) electrons. The molecule has 1 aromatic carbocycles. The molecule has 1 aromatic heterocycles. The zero-order valence-corrected chi connectivity index (χ0v) is 11.5. The van der Waals surface area contributed by atoms with Crippen LogP contribution in [0.5, 0.6) is 0 Å². The lowest BCUT2D eigenvalue weighted by molar-refractivity contribution is 0.0698. The summed E-state index contributed by atoms with van der Waals surface area (Å²) in [6.07, 6.45) is 5.08. The topological polar surface area (TPSA) is 62.2 Å². The fourth-order valence-electron chi connectivity index (χ4n) is 2.77. The molecule has 0 saturated heterocycles. The van der Waals surface area contributed by atoms with Crippen molar-refractivity contribution in [3.8, 4) is 0 Å². The molecule has 0 amide bonds. The van der Waals surface area contributed by atoms with Crippen LogP contribution in [0.2, 0.25) is 0 Å². The van der Waals surface area contributed by atoms with E-state index in [2.05, 4.69) is 17.2 Å². The summed E-state index contributed by atoms with van der Waals surface area (Å²) in [4.78, 5) is 15.5. The second-order valence-electron chi connectivity index (χ2n) is 5.41. The molecule has 2 aromatic rings. The van der Waals surface area contributed by atoms with E-state index in [1.165, 1.54) is 25.5 Å². The average molecular weight is 270 g/mol. The molecule has 1 aliphatic rings. The Kier molecular flexibility index (Phi) is 3.30. The third-order valence-corrected chi connectivity index (χ3v) is 3.93. The quantitative estimate of drug-likeness (QED) is 0.872. The summed E-state index contributed by atoms with van der Waals surface area (Å²) in [6, 6.07) is 8.02. The molecule has 2 N–H and O–H groups in total. The van der Waals surface area contributed by atoms with Gasteiger partial charge >= 0.3 is 5.97 Å². The average Bonchev–Trinajstić information content (AvgIpc) is 3.17. The minimum atomic E-state index is -0.935. The van der Waals surface area contributed by atoms with Crippen molar-refractivity contribution in [3.05, 3.63) is 36.0 Å². The minimum absolute atomic E-state index is 0.257. The Morgan fingerprint density at radius 1 is 1.40 bits per heavy atom. The zero-order valence-electron chi connectivity index (χ0n) is 11.5. The van der Waals surface area contributed by atoms with Crippen molar-refractivity contribution in [1.82, 2.24) is 4.98 Å². The number of pyridine rings is 1. The number of fused-ring (bicyclic) bond motifs is 1. The third-order valence-electron chi connectivity index (χ3n) is 3.93. The molecule has 3 rings (SSSR count). The number of benzene rings is 1. The van der Waals surface area contributed by atoms with Crippen LogP contribution in [0.4, 0.5) is 5.82 Å². The molecule has 2 atom stereocenters. The number of hydrogen-bond acceptors (Lipinski definition) is 3. The van der Waals surface area contributed by atoms with Crippen molar-refractivity contribution in [3.63, 3.8) is 0 Å². The Morgan fingerprint density at radius 3 is 2.85 bits per heavy atom. The van der Waals surface area contributed by atoms with Crippen LogP contribution in [0, 0.1) is 5.92 Å². The number of nitrogens with one attached hydrogen (secondary N) is 1. The Morgan fingerprint density at radius 2 is 2.15 bits per heavy atom. The van der Waals surface area contributed by atoms with Crippen LogP contribution >= 0.6 is 0 Å². The van der Waals surface area contributed by atoms with Gasteiger partial charge in [0.15, 0.2) is 0 Å². The highest BCUT2D eigenvalue weighted by atomic mass is 16.4. The zero-order chi connectivity index (χ0) is 14.1. The van der Waals surface area contributed by atoms with Crippen LogP contribution in [0.3, 0.4) is 0 Å². The molecule has 1 fully saturated rings. The van der Waals surface area contributed by atoms with E-state index >= 15 is 0 Å². The van der Waals surface area contributed by atoms with Crippen LogP contribution < -0.4 is 5.32 Å². The van der Waals surface area contributed by atoms with Gasteiger partial charge in [0.05, 0.1) is 5.56 Å². The standard InChI is InChI=1S/C16H18N2O2/c1-2-5-10-8-14(10)18-15-12-7-4-3-6-11(12)13(9-17-15)16(19)20/h3-4,6-7,9-10,14H,2,5,8H2,1H3,(H,17,18)(H,19,20). The summed E-state index contributed by atoms with van der Waals surface area (Å²) in [5.41, 5.74) is 0.257. The largest absolute Gasteiger partial charge is 0.478 e. The van der Waals surface area contributed by atoms with Gasteiger partial charge in [0.1, 0.15) is 5.82 Å². The van der Waals surface area contributed by atoms with Gasteiger partial charge in [-0.05, 0) is 18.8 Å². The summed E-state index contributed by atoms with van der Waals surface area (Å²) in [5, 5.41) is 14.3. The van der Waals surface area contributed by atoms with Crippen LogP contribution in [0.1, 0.15) is 36.5 Å². The lowest BCUT2D eigenvalue weighted by Gasteiger charge is -2.10. The van der Waals surface area contributed by atoms with Crippen LogP contribution in [0.15, 0.2) is 30.5 Å². The van der Waals surface area contributed by atoms with E-state index in [0.717, 1.165) is 22.5 Å². The molecular weight excluding hydrogens is 252 g/mol. The first-order valence-electron chi connectivity index (χ1n) is 7.08. The molecule has 0 aliphatic heterocycles. The summed E-state index contributed by atoms with van der Waals surface area (Å²) in [6.45, 7) is 2.20. The number of aromatic carboxylic acids is 1. The van der Waals surface area contributed by atoms with Gasteiger partial charge in [-0.1, -0.05) is 37.6 Å². The van der Waals surface area contributed by atoms with Gasteiger partial charge in [-0.15, -0.1) is 0 Å². The first kappa shape index (κ1) is 12.9. The number of carboxylic acids is 1. The monoisotopic (exact) mass is 270 g/mol. The molecule has 1 aliphatic carbocycles. The highest BCUT2D eigenvalue weighted by Crippen LogP contribution is 2.38. The highest BCUT2D eigenvalue weighted by molar-refractivity contribution is 6.06. The minimum Gasteiger partial charge on any atom is -0.478 e. The number of hydrogen-bond donors (Lipinski definition) is 2. The van der Waals surface area contributed by atoms with Gasteiger partial charge in [-0.3, -0.25) is 0 Å². The van der Waals surface area contributed by atoms with Gasteiger partial charge in [0.25, 0.3) is 0 Å². The fourth-order valence-corrected chi connectivity index (χ4v) is 2.77. The van der Waals surface area contributed by atoms with E-state index in [0.29, 0.717) is 6.04 Å². The van der Waals surface area contributed by atoms with Gasteiger partial charge in [0, 0.05) is 23.0 Å². The van der Waals surface area contributed by atoms with Gasteiger partial charge in [-0.2, -0.15) is 0 Å². The molecule has 1 heterocycles. The van der Waals surface area contributed by atoms with Crippen LogP contribution in [-0.4, -0.2) is 22.1 Å². The maximum absolute atomic E-state index is 11.2. The second-order valence-corrected chi connectivity index (χ2v) is 5.41. The summed E-state index contributed by atoms with van der Waals surface area (Å²) in [5.74, 6) is 0.601. The Balaban J connectivity index is 1.93. The van der Waals surface area contributed by atoms with Crippen molar-refractivity contribution in [1.29, 1.82) is 0 Å². The predicted molar refractivity (Wildman–Crippen MR) is 79.1 cm³/mol. The maximum Gasteiger partial charge on any atom is 0.337 e. The van der Waals surface area contributed by atoms with E-state index in [-0.39, 0.29) is 5.56 Å². The molecular formula is C16H18N2O2. The molecule has 20 heavy (non-hydrogen) atoms. The number of nitrogens with zero attached hydrogens (tertiary/aromatic N) is 1. The molecule has 104 valence electrons. The molecule has 4 heteroatoms. The van der Waals surface area contributed by atoms with Gasteiger partial charge in [0.2, 0.25) is 0 Å². The highest BCUT2D eigenvalue weighted by Gasteiger charge is 2.36. The smallest absolute Gasteiger partial charge is 0.337 e. The third kappa shape index (κ3) is 2.33. The fraction of sp³-hybridized carbons (Fsp3) is 0.375. The normalized spacial score (nSPS) is 20.9. The second kappa shape index (κ2) is 5.12. The Labute approximate surface area is 117 Å². The molecule has 2 unspecified atom stereocenters. The van der Waals surface area contributed by atoms with Gasteiger partial charge in [-0.25, -0.2) is 9.78 Å². The SMILES string of the molecule is CCCC1CC1Nc1ncc(C(=O)O)c2ccccc12. The van der Waals surface area contributed by atoms with Crippen LogP contribution in [-0.2, 0) is 0 Å². The van der Waals surface area contributed by atoms with Crippen molar-refractivity contribution >= 4 is 22.6 Å². The molecule has 0 spiro atoms. The van der Waals surface area contributed by atoms with Gasteiger partial charge < -0.3 is 10.4 Å².